The number of hydrogen-bond acceptors (Lipinski definition) is 2. The zero-order valence-electron chi connectivity index (χ0n) is 11.2. The van der Waals surface area contributed by atoms with Gasteiger partial charge in [-0.1, -0.05) is 0 Å². The van der Waals surface area contributed by atoms with Crippen molar-refractivity contribution in [1.29, 1.82) is 0 Å². The van der Waals surface area contributed by atoms with Crippen LogP contribution in [-0.2, 0) is 6.18 Å². The summed E-state index contributed by atoms with van der Waals surface area (Å²) in [7, 11) is 0. The Morgan fingerprint density at radius 1 is 1.20 bits per heavy atom. The van der Waals surface area contributed by atoms with E-state index in [1.165, 1.54) is 16.8 Å². The number of aromatic nitrogens is 2. The van der Waals surface area contributed by atoms with E-state index in [0.29, 0.717) is 17.7 Å². The summed E-state index contributed by atoms with van der Waals surface area (Å²) in [6.07, 6.45) is -4.15. The number of hydrogen-bond donors (Lipinski definition) is 0. The molecule has 3 nitrogen and oxygen atoms in total. The Morgan fingerprint density at radius 2 is 1.85 bits per heavy atom. The zero-order chi connectivity index (χ0) is 15.1. The molecule has 1 heterocycles. The van der Waals surface area contributed by atoms with Gasteiger partial charge in [-0.25, -0.2) is 4.68 Å². The predicted molar refractivity (Wildman–Crippen MR) is 68.2 cm³/mol. The fourth-order valence-corrected chi connectivity index (χ4v) is 1.99. The van der Waals surface area contributed by atoms with Gasteiger partial charge in [0.05, 0.1) is 16.9 Å². The molecule has 20 heavy (non-hydrogen) atoms. The standard InChI is InChI=1S/C14H13F3N2O/c1-8-9(2)18-19(10(8)3)13-5-4-11(7-20)6-12(13)14(15,16)17/h4-7H,1-3H3. The van der Waals surface area contributed by atoms with Gasteiger partial charge in [-0.05, 0) is 44.5 Å². The van der Waals surface area contributed by atoms with Gasteiger partial charge in [0.25, 0.3) is 0 Å². The summed E-state index contributed by atoms with van der Waals surface area (Å²) in [5.74, 6) is 0. The molecule has 0 amide bonds. The van der Waals surface area contributed by atoms with Gasteiger partial charge in [-0.15, -0.1) is 0 Å². The molecule has 0 spiro atoms. The van der Waals surface area contributed by atoms with Crippen LogP contribution in [0.3, 0.4) is 0 Å². The van der Waals surface area contributed by atoms with Crippen LogP contribution >= 0.6 is 0 Å². The van der Waals surface area contributed by atoms with Crippen LogP contribution in [0.15, 0.2) is 18.2 Å². The van der Waals surface area contributed by atoms with Crippen molar-refractivity contribution in [3.8, 4) is 5.69 Å². The van der Waals surface area contributed by atoms with Gasteiger partial charge in [0.1, 0.15) is 6.29 Å². The monoisotopic (exact) mass is 282 g/mol. The second kappa shape index (κ2) is 4.77. The van der Waals surface area contributed by atoms with Crippen molar-refractivity contribution < 1.29 is 18.0 Å². The van der Waals surface area contributed by atoms with Crippen molar-refractivity contribution in [2.45, 2.75) is 26.9 Å². The molecule has 6 heteroatoms. The van der Waals surface area contributed by atoms with E-state index in [-0.39, 0.29) is 11.3 Å². The maximum atomic E-state index is 13.1. The Bertz CT molecular complexity index is 672. The summed E-state index contributed by atoms with van der Waals surface area (Å²) < 4.78 is 40.7. The molecule has 0 saturated heterocycles. The predicted octanol–water partition coefficient (Wildman–Crippen LogP) is 3.63. The van der Waals surface area contributed by atoms with E-state index in [4.69, 9.17) is 0 Å². The largest absolute Gasteiger partial charge is 0.418 e. The second-order valence-electron chi connectivity index (χ2n) is 4.60. The average Bonchev–Trinajstić information content (AvgIpc) is 2.65. The highest BCUT2D eigenvalue weighted by Gasteiger charge is 2.35. The van der Waals surface area contributed by atoms with Crippen LogP contribution in [-0.4, -0.2) is 16.1 Å². The molecule has 2 rings (SSSR count). The van der Waals surface area contributed by atoms with Gasteiger partial charge in [-0.2, -0.15) is 18.3 Å². The lowest BCUT2D eigenvalue weighted by Crippen LogP contribution is -2.13. The molecule has 0 aliphatic carbocycles. The normalized spacial score (nSPS) is 11.7. The number of halogens is 3. The molecular weight excluding hydrogens is 269 g/mol. The zero-order valence-corrected chi connectivity index (χ0v) is 11.2. The molecule has 1 aromatic heterocycles. The molecule has 0 fully saturated rings. The number of carbonyl (C=O) groups excluding carboxylic acids is 1. The van der Waals surface area contributed by atoms with E-state index in [0.717, 1.165) is 11.6 Å². The SMILES string of the molecule is Cc1nn(-c2ccc(C=O)cc2C(F)(F)F)c(C)c1C. The quantitative estimate of drug-likeness (QED) is 0.788. The summed E-state index contributed by atoms with van der Waals surface area (Å²) in [5.41, 5.74) is 1.21. The number of nitrogens with zero attached hydrogens (tertiary/aromatic N) is 2. The van der Waals surface area contributed by atoms with E-state index in [1.54, 1.807) is 20.8 Å². The topological polar surface area (TPSA) is 34.9 Å². The van der Waals surface area contributed by atoms with E-state index in [9.17, 15) is 18.0 Å². The molecule has 0 radical (unpaired) electrons. The fraction of sp³-hybridized carbons (Fsp3) is 0.286. The van der Waals surface area contributed by atoms with E-state index >= 15 is 0 Å². The van der Waals surface area contributed by atoms with Gasteiger partial charge in [0.2, 0.25) is 0 Å². The third kappa shape index (κ3) is 2.33. The van der Waals surface area contributed by atoms with Gasteiger partial charge < -0.3 is 0 Å². The van der Waals surface area contributed by atoms with Crippen molar-refractivity contribution in [1.82, 2.24) is 9.78 Å². The van der Waals surface area contributed by atoms with Crippen LogP contribution < -0.4 is 0 Å². The first kappa shape index (κ1) is 14.3. The fourth-order valence-electron chi connectivity index (χ4n) is 1.99. The van der Waals surface area contributed by atoms with Crippen molar-refractivity contribution in [3.63, 3.8) is 0 Å². The van der Waals surface area contributed by atoms with Crippen LogP contribution in [0, 0.1) is 20.8 Å². The molecule has 106 valence electrons. The van der Waals surface area contributed by atoms with Crippen LogP contribution in [0.25, 0.3) is 5.69 Å². The smallest absolute Gasteiger partial charge is 0.298 e. The van der Waals surface area contributed by atoms with Crippen molar-refractivity contribution in [2.24, 2.45) is 0 Å². The summed E-state index contributed by atoms with van der Waals surface area (Å²) in [4.78, 5) is 10.7. The number of carbonyl (C=O) groups is 1. The van der Waals surface area contributed by atoms with Gasteiger partial charge >= 0.3 is 6.18 Å². The minimum atomic E-state index is -4.55. The summed E-state index contributed by atoms with van der Waals surface area (Å²) in [6.45, 7) is 5.26. The van der Waals surface area contributed by atoms with E-state index in [2.05, 4.69) is 5.10 Å². The lowest BCUT2D eigenvalue weighted by Gasteiger charge is -2.14. The van der Waals surface area contributed by atoms with Crippen molar-refractivity contribution in [2.75, 3.05) is 0 Å². The van der Waals surface area contributed by atoms with Gasteiger partial charge in [-0.3, -0.25) is 4.79 Å². The van der Waals surface area contributed by atoms with Crippen molar-refractivity contribution >= 4 is 6.29 Å². The number of rotatable bonds is 2. The maximum absolute atomic E-state index is 13.1. The minimum Gasteiger partial charge on any atom is -0.298 e. The molecular formula is C14H13F3N2O. The number of benzene rings is 1. The highest BCUT2D eigenvalue weighted by molar-refractivity contribution is 5.76. The number of aryl methyl sites for hydroxylation is 1. The van der Waals surface area contributed by atoms with Gasteiger partial charge in [0, 0.05) is 11.3 Å². The van der Waals surface area contributed by atoms with E-state index < -0.39 is 11.7 Å². The summed E-state index contributed by atoms with van der Waals surface area (Å²) >= 11 is 0. The second-order valence-corrected chi connectivity index (χ2v) is 4.60. The first-order valence-electron chi connectivity index (χ1n) is 5.95. The Balaban J connectivity index is 2.73. The Kier molecular flexibility index (Phi) is 3.41. The molecule has 0 bridgehead atoms. The van der Waals surface area contributed by atoms with Crippen LogP contribution in [0.1, 0.15) is 32.9 Å². The molecule has 0 saturated carbocycles. The average molecular weight is 282 g/mol. The number of aldehydes is 1. The molecule has 0 aliphatic rings. The molecule has 0 unspecified atom stereocenters. The maximum Gasteiger partial charge on any atom is 0.418 e. The first-order valence-corrected chi connectivity index (χ1v) is 5.95. The van der Waals surface area contributed by atoms with Gasteiger partial charge in [0.15, 0.2) is 0 Å². The molecule has 2 aromatic rings. The van der Waals surface area contributed by atoms with Crippen LogP contribution in [0.5, 0.6) is 0 Å². The Hall–Kier alpha value is -2.11. The molecule has 0 aliphatic heterocycles. The van der Waals surface area contributed by atoms with E-state index in [1.807, 2.05) is 0 Å². The molecule has 0 N–H and O–H groups in total. The lowest BCUT2D eigenvalue weighted by molar-refractivity contribution is -0.137. The lowest BCUT2D eigenvalue weighted by atomic mass is 10.1. The van der Waals surface area contributed by atoms with Crippen molar-refractivity contribution in [3.05, 3.63) is 46.3 Å². The highest BCUT2D eigenvalue weighted by atomic mass is 19.4. The summed E-state index contributed by atoms with van der Waals surface area (Å²) in [5, 5.41) is 4.14. The molecule has 1 aromatic carbocycles. The first-order chi connectivity index (χ1) is 9.25. The highest BCUT2D eigenvalue weighted by Crippen LogP contribution is 2.35. The van der Waals surface area contributed by atoms with Crippen LogP contribution in [0.2, 0.25) is 0 Å². The number of alkyl halides is 3. The third-order valence-electron chi connectivity index (χ3n) is 3.34. The Labute approximate surface area is 114 Å². The van der Waals surface area contributed by atoms with Crippen LogP contribution in [0.4, 0.5) is 13.2 Å². The summed E-state index contributed by atoms with van der Waals surface area (Å²) in [6, 6.07) is 3.46. The Morgan fingerprint density at radius 3 is 2.30 bits per heavy atom. The third-order valence-corrected chi connectivity index (χ3v) is 3.34. The minimum absolute atomic E-state index is 0.0145. The molecule has 0 atom stereocenters.